The molecule has 9 atom stereocenters. The van der Waals surface area contributed by atoms with E-state index >= 15 is 0 Å². The number of carboxylic acid groups (broad SMARTS) is 1. The molecular weight excluding hydrogens is 741 g/mol. The maximum atomic E-state index is 14.9. The van der Waals surface area contributed by atoms with Gasteiger partial charge in [-0.1, -0.05) is 18.2 Å². The van der Waals surface area contributed by atoms with Crippen LogP contribution < -0.4 is 5.32 Å². The highest BCUT2D eigenvalue weighted by Gasteiger charge is 2.73. The van der Waals surface area contributed by atoms with E-state index in [4.69, 9.17) is 18.9 Å². The largest absolute Gasteiger partial charge is 0.507 e. The predicted molar refractivity (Wildman–Crippen MR) is 187 cm³/mol. The van der Waals surface area contributed by atoms with Gasteiger partial charge in [0.15, 0.2) is 28.8 Å². The zero-order valence-corrected chi connectivity index (χ0v) is 30.5. The summed E-state index contributed by atoms with van der Waals surface area (Å²) in [4.78, 5) is 56.0. The molecule has 1 fully saturated rings. The molecule has 3 aliphatic carbocycles. The molecule has 1 aliphatic heterocycles. The molecule has 0 aromatic heterocycles. The molecule has 0 amide bonds. The van der Waals surface area contributed by atoms with Gasteiger partial charge in [0.1, 0.15) is 41.2 Å². The first-order valence-electron chi connectivity index (χ1n) is 17.3. The molecule has 0 bridgehead atoms. The summed E-state index contributed by atoms with van der Waals surface area (Å²) < 4.78 is 36.7. The number of phenols is 2. The van der Waals surface area contributed by atoms with Crippen molar-refractivity contribution >= 4 is 23.3 Å². The van der Waals surface area contributed by atoms with Crippen molar-refractivity contribution in [1.82, 2.24) is 5.32 Å². The van der Waals surface area contributed by atoms with Crippen molar-refractivity contribution in [3.05, 3.63) is 104 Å². The number of benzene rings is 3. The zero-order chi connectivity index (χ0) is 41.0. The number of aromatic carboxylic acids is 1. The Bertz CT molecular complexity index is 2260. The van der Waals surface area contributed by atoms with Crippen molar-refractivity contribution in [3.8, 4) is 11.5 Å². The van der Waals surface area contributed by atoms with Crippen molar-refractivity contribution in [1.29, 1.82) is 0 Å². The number of rotatable bonds is 7. The summed E-state index contributed by atoms with van der Waals surface area (Å²) in [5.74, 6) is -8.53. The summed E-state index contributed by atoms with van der Waals surface area (Å²) in [6.45, 7) is 2.93. The van der Waals surface area contributed by atoms with E-state index in [2.05, 4.69) is 5.32 Å². The topological polar surface area (TPSA) is 259 Å². The standard InChI is InChI=1S/C39H38FNO15/c1-14-10-16-11-23(43)39(55-5)34(48)25-19(33(47)38(39,52)27(16)29(45)24(14)36(49)50)12-20-26(28(25)44)21(42)13-22(37(20,51)17-6-8-18(40)9-7-17)41-35-32(54-4)30(46)31(53-3)15(2)56-35/h6-10,12-13,15,23,30-32,35,41,43-46,51-52H,11H2,1-5H3,(H,49,50)/t15-,23?,30+,31-,32+,35-,37?,38?,39?/m0/s1. The maximum Gasteiger partial charge on any atom is 0.339 e. The summed E-state index contributed by atoms with van der Waals surface area (Å²) in [6.07, 6.45) is -7.11. The quantitative estimate of drug-likeness (QED) is 0.165. The Kier molecular flexibility index (Phi) is 9.26. The molecule has 56 heavy (non-hydrogen) atoms. The number of aliphatic hydroxyl groups excluding tert-OH is 2. The summed E-state index contributed by atoms with van der Waals surface area (Å²) in [5.41, 5.74) is -14.0. The third-order valence-electron chi connectivity index (χ3n) is 11.5. The molecule has 17 heteroatoms. The maximum absolute atomic E-state index is 14.9. The van der Waals surface area contributed by atoms with Crippen LogP contribution in [0.4, 0.5) is 4.39 Å². The Balaban J connectivity index is 1.49. The Labute approximate surface area is 317 Å². The van der Waals surface area contributed by atoms with Gasteiger partial charge in [-0.2, -0.15) is 0 Å². The van der Waals surface area contributed by atoms with E-state index < -0.39 is 134 Å². The lowest BCUT2D eigenvalue weighted by Gasteiger charge is -2.53. The molecule has 1 heterocycles. The minimum Gasteiger partial charge on any atom is -0.507 e. The third-order valence-corrected chi connectivity index (χ3v) is 11.5. The molecule has 3 aromatic carbocycles. The van der Waals surface area contributed by atoms with Gasteiger partial charge in [0, 0.05) is 50.5 Å². The van der Waals surface area contributed by atoms with Gasteiger partial charge in [0.25, 0.3) is 0 Å². The molecule has 0 radical (unpaired) electrons. The minimum absolute atomic E-state index is 0.00293. The van der Waals surface area contributed by atoms with E-state index in [0.717, 1.165) is 43.5 Å². The number of methoxy groups -OCH3 is 3. The second kappa shape index (κ2) is 13.2. The summed E-state index contributed by atoms with van der Waals surface area (Å²) in [5, 5.41) is 84.3. The average molecular weight is 780 g/mol. The van der Waals surface area contributed by atoms with E-state index in [1.807, 2.05) is 0 Å². The Hall–Kier alpha value is -5.11. The van der Waals surface area contributed by atoms with E-state index in [0.29, 0.717) is 0 Å². The fourth-order valence-corrected chi connectivity index (χ4v) is 8.94. The predicted octanol–water partition coefficient (Wildman–Crippen LogP) is 0.854. The number of carbonyl (C=O) groups is 4. The van der Waals surface area contributed by atoms with Crippen LogP contribution in [-0.2, 0) is 36.6 Å². The van der Waals surface area contributed by atoms with Crippen molar-refractivity contribution in [2.75, 3.05) is 21.3 Å². The second-order valence-electron chi connectivity index (χ2n) is 14.3. The fraction of sp³-hybridized carbons (Fsp3) is 0.385. The van der Waals surface area contributed by atoms with Crippen LogP contribution in [0, 0.1) is 12.7 Å². The number of aliphatic hydroxyl groups is 4. The summed E-state index contributed by atoms with van der Waals surface area (Å²) in [6, 6.07) is 6.34. The fourth-order valence-electron chi connectivity index (χ4n) is 8.94. The van der Waals surface area contributed by atoms with Crippen LogP contribution in [0.15, 0.2) is 48.2 Å². The zero-order valence-electron chi connectivity index (χ0n) is 30.5. The van der Waals surface area contributed by atoms with Gasteiger partial charge >= 0.3 is 5.97 Å². The highest BCUT2D eigenvalue weighted by molar-refractivity contribution is 6.26. The number of ether oxygens (including phenoxy) is 4. The molecular formula is C39H38FNO15. The van der Waals surface area contributed by atoms with Gasteiger partial charge in [-0.05, 0) is 48.7 Å². The van der Waals surface area contributed by atoms with Crippen LogP contribution in [0.25, 0.3) is 0 Å². The monoisotopic (exact) mass is 779 g/mol. The number of phenolic OH excluding ortho intramolecular Hbond substituents is 1. The van der Waals surface area contributed by atoms with Gasteiger partial charge in [0.05, 0.1) is 29.0 Å². The average Bonchev–Trinajstić information content (AvgIpc) is 3.12. The number of nitrogens with one attached hydrogen (secondary N) is 1. The first-order chi connectivity index (χ1) is 26.4. The van der Waals surface area contributed by atoms with Gasteiger partial charge in [-0.25, -0.2) is 9.18 Å². The van der Waals surface area contributed by atoms with Crippen LogP contribution in [0.5, 0.6) is 11.5 Å². The van der Waals surface area contributed by atoms with Crippen LogP contribution >= 0.6 is 0 Å². The van der Waals surface area contributed by atoms with Gasteiger partial charge in [-0.15, -0.1) is 0 Å². The van der Waals surface area contributed by atoms with E-state index in [-0.39, 0.29) is 22.4 Å². The lowest BCUT2D eigenvalue weighted by atomic mass is 9.56. The van der Waals surface area contributed by atoms with E-state index in [1.54, 1.807) is 6.92 Å². The Morgan fingerprint density at radius 1 is 0.946 bits per heavy atom. The number of carboxylic acids is 1. The number of Topliss-reactive ketones (excluding diaryl/α,β-unsaturated/α-hetero) is 2. The number of hydrogen-bond donors (Lipinski definition) is 8. The molecule has 4 unspecified atom stereocenters. The molecule has 8 N–H and O–H groups in total. The normalized spacial score (nSPS) is 32.2. The molecule has 296 valence electrons. The highest BCUT2D eigenvalue weighted by Crippen LogP contribution is 2.57. The SMILES string of the molecule is CO[C@@H]1[C@@H](O)[C@@H](OC)[C@@H](NC2=CC(=O)c3c(cc4c(c3O)C(=O)C3(OC)C(O)Cc5cc(C)c(C(=O)O)c(O)c5C3(O)C4=O)C2(O)c2ccc(F)cc2)O[C@H]1C. The van der Waals surface area contributed by atoms with Gasteiger partial charge in [0.2, 0.25) is 11.6 Å². The number of fused-ring (bicyclic) bond motifs is 5. The first-order valence-corrected chi connectivity index (χ1v) is 17.3. The number of allylic oxidation sites excluding steroid dienone is 1. The Morgan fingerprint density at radius 3 is 2.18 bits per heavy atom. The number of hydrogen-bond acceptors (Lipinski definition) is 15. The van der Waals surface area contributed by atoms with Crippen molar-refractivity contribution in [2.24, 2.45) is 0 Å². The second-order valence-corrected chi connectivity index (χ2v) is 14.3. The smallest absolute Gasteiger partial charge is 0.339 e. The summed E-state index contributed by atoms with van der Waals surface area (Å²) in [7, 11) is 3.50. The van der Waals surface area contributed by atoms with Crippen LogP contribution in [0.1, 0.15) is 76.2 Å². The lowest BCUT2D eigenvalue weighted by Crippen LogP contribution is -2.73. The van der Waals surface area contributed by atoms with Crippen LogP contribution in [-0.4, -0.2) is 123 Å². The number of aromatic hydroxyl groups is 2. The molecule has 16 nitrogen and oxygen atoms in total. The van der Waals surface area contributed by atoms with E-state index in [9.17, 15) is 59.3 Å². The van der Waals surface area contributed by atoms with Crippen LogP contribution in [0.2, 0.25) is 0 Å². The number of carbonyl (C=O) groups excluding carboxylic acids is 3. The lowest BCUT2D eigenvalue weighted by molar-refractivity contribution is -0.237. The number of aryl methyl sites for hydroxylation is 1. The molecule has 4 aliphatic rings. The van der Waals surface area contributed by atoms with Crippen molar-refractivity contribution in [3.63, 3.8) is 0 Å². The number of halogens is 1. The third kappa shape index (κ3) is 4.92. The minimum atomic E-state index is -3.36. The molecule has 1 saturated heterocycles. The Morgan fingerprint density at radius 2 is 1.59 bits per heavy atom. The molecule has 3 aromatic rings. The molecule has 7 rings (SSSR count). The van der Waals surface area contributed by atoms with Crippen molar-refractivity contribution < 1.29 is 78.3 Å². The van der Waals surface area contributed by atoms with E-state index in [1.165, 1.54) is 27.2 Å². The van der Waals surface area contributed by atoms with Crippen molar-refractivity contribution in [2.45, 2.75) is 73.8 Å². The highest BCUT2D eigenvalue weighted by atomic mass is 19.1. The number of ketones is 3. The van der Waals surface area contributed by atoms with Gasteiger partial charge in [-0.3, -0.25) is 14.4 Å². The molecule has 0 saturated carbocycles. The molecule has 0 spiro atoms. The first kappa shape index (κ1) is 39.1. The van der Waals surface area contributed by atoms with Gasteiger partial charge < -0.3 is 60.0 Å². The van der Waals surface area contributed by atoms with Crippen LogP contribution in [0.3, 0.4) is 0 Å². The summed E-state index contributed by atoms with van der Waals surface area (Å²) >= 11 is 0.